The lowest BCUT2D eigenvalue weighted by atomic mass is 10.1. The standard InChI is InChI=1S/C17H19BrClNO2/c1-4-22-17-12(7-13(18)8-16(17)21-3)10-20-14-6-5-11(2)15(19)9-14/h5-9,20H,4,10H2,1-3H3. The van der Waals surface area contributed by atoms with Crippen LogP contribution >= 0.6 is 27.5 Å². The van der Waals surface area contributed by atoms with E-state index >= 15 is 0 Å². The third kappa shape index (κ3) is 4.08. The molecule has 3 nitrogen and oxygen atoms in total. The molecule has 0 bridgehead atoms. The molecule has 2 aromatic carbocycles. The van der Waals surface area contributed by atoms with E-state index in [4.69, 9.17) is 21.1 Å². The van der Waals surface area contributed by atoms with Crippen molar-refractivity contribution in [1.29, 1.82) is 0 Å². The summed E-state index contributed by atoms with van der Waals surface area (Å²) in [6.45, 7) is 5.14. The highest BCUT2D eigenvalue weighted by atomic mass is 79.9. The molecule has 22 heavy (non-hydrogen) atoms. The van der Waals surface area contributed by atoms with Crippen LogP contribution in [0.2, 0.25) is 5.02 Å². The van der Waals surface area contributed by atoms with Gasteiger partial charge in [0.1, 0.15) is 0 Å². The fourth-order valence-corrected chi connectivity index (χ4v) is 2.78. The van der Waals surface area contributed by atoms with Crippen molar-refractivity contribution in [3.63, 3.8) is 0 Å². The van der Waals surface area contributed by atoms with E-state index in [9.17, 15) is 0 Å². The van der Waals surface area contributed by atoms with Gasteiger partial charge in [0.05, 0.1) is 13.7 Å². The number of anilines is 1. The molecule has 0 unspecified atom stereocenters. The smallest absolute Gasteiger partial charge is 0.166 e. The minimum Gasteiger partial charge on any atom is -0.493 e. The SMILES string of the molecule is CCOc1c(CNc2ccc(C)c(Cl)c2)cc(Br)cc1OC. The highest BCUT2D eigenvalue weighted by Crippen LogP contribution is 2.35. The third-order valence-electron chi connectivity index (χ3n) is 3.26. The number of halogens is 2. The number of ether oxygens (including phenoxy) is 2. The largest absolute Gasteiger partial charge is 0.493 e. The number of methoxy groups -OCH3 is 1. The molecule has 1 N–H and O–H groups in total. The monoisotopic (exact) mass is 383 g/mol. The number of benzene rings is 2. The molecule has 5 heteroatoms. The second-order valence-electron chi connectivity index (χ2n) is 4.85. The van der Waals surface area contributed by atoms with Gasteiger partial charge in [-0.1, -0.05) is 33.6 Å². The van der Waals surface area contributed by atoms with E-state index in [-0.39, 0.29) is 0 Å². The first-order valence-electron chi connectivity index (χ1n) is 7.04. The zero-order chi connectivity index (χ0) is 16.1. The van der Waals surface area contributed by atoms with Crippen molar-refractivity contribution in [2.45, 2.75) is 20.4 Å². The lowest BCUT2D eigenvalue weighted by Gasteiger charge is -2.16. The number of hydrogen-bond acceptors (Lipinski definition) is 3. The highest BCUT2D eigenvalue weighted by Gasteiger charge is 2.12. The van der Waals surface area contributed by atoms with Crippen LogP contribution in [0.25, 0.3) is 0 Å². The maximum Gasteiger partial charge on any atom is 0.166 e. The zero-order valence-corrected chi connectivity index (χ0v) is 15.2. The Morgan fingerprint density at radius 1 is 1.23 bits per heavy atom. The molecule has 0 heterocycles. The molecule has 0 atom stereocenters. The van der Waals surface area contributed by atoms with Crippen LogP contribution in [-0.4, -0.2) is 13.7 Å². The van der Waals surface area contributed by atoms with Crippen LogP contribution < -0.4 is 14.8 Å². The van der Waals surface area contributed by atoms with Crippen LogP contribution in [-0.2, 0) is 6.54 Å². The van der Waals surface area contributed by atoms with E-state index in [1.54, 1.807) is 7.11 Å². The van der Waals surface area contributed by atoms with Crippen LogP contribution in [0.15, 0.2) is 34.8 Å². The average Bonchev–Trinajstić information content (AvgIpc) is 2.50. The van der Waals surface area contributed by atoms with E-state index < -0.39 is 0 Å². The van der Waals surface area contributed by atoms with E-state index in [0.29, 0.717) is 13.2 Å². The van der Waals surface area contributed by atoms with Crippen LogP contribution in [0.3, 0.4) is 0 Å². The van der Waals surface area contributed by atoms with Crippen molar-refractivity contribution < 1.29 is 9.47 Å². The summed E-state index contributed by atoms with van der Waals surface area (Å²) in [6.07, 6.45) is 0. The van der Waals surface area contributed by atoms with Crippen molar-refractivity contribution in [3.8, 4) is 11.5 Å². The molecule has 2 aromatic rings. The molecule has 0 spiro atoms. The van der Waals surface area contributed by atoms with Gasteiger partial charge in [0.15, 0.2) is 11.5 Å². The predicted octanol–water partition coefficient (Wildman–Crippen LogP) is 5.43. The summed E-state index contributed by atoms with van der Waals surface area (Å²) >= 11 is 9.66. The highest BCUT2D eigenvalue weighted by molar-refractivity contribution is 9.10. The average molecular weight is 385 g/mol. The van der Waals surface area contributed by atoms with Crippen molar-refractivity contribution in [2.75, 3.05) is 19.0 Å². The molecule has 0 aliphatic rings. The van der Waals surface area contributed by atoms with Gasteiger partial charge in [0, 0.05) is 27.3 Å². The van der Waals surface area contributed by atoms with Gasteiger partial charge in [-0.3, -0.25) is 0 Å². The van der Waals surface area contributed by atoms with Crippen molar-refractivity contribution in [2.24, 2.45) is 0 Å². The Balaban J connectivity index is 2.24. The molecule has 118 valence electrons. The van der Waals surface area contributed by atoms with Gasteiger partial charge in [-0.05, 0) is 43.7 Å². The maximum atomic E-state index is 6.16. The van der Waals surface area contributed by atoms with Gasteiger partial charge in [-0.15, -0.1) is 0 Å². The van der Waals surface area contributed by atoms with Crippen LogP contribution in [0.1, 0.15) is 18.1 Å². The Hall–Kier alpha value is -1.39. The molecular weight excluding hydrogens is 366 g/mol. The molecule has 0 radical (unpaired) electrons. The fourth-order valence-electron chi connectivity index (χ4n) is 2.11. The summed E-state index contributed by atoms with van der Waals surface area (Å²) in [7, 11) is 1.64. The van der Waals surface area contributed by atoms with Crippen LogP contribution in [0, 0.1) is 6.92 Å². The van der Waals surface area contributed by atoms with E-state index in [1.807, 2.05) is 44.2 Å². The van der Waals surface area contributed by atoms with Crippen molar-refractivity contribution >= 4 is 33.2 Å². The van der Waals surface area contributed by atoms with Gasteiger partial charge in [-0.2, -0.15) is 0 Å². The molecule has 0 amide bonds. The first-order chi connectivity index (χ1) is 10.5. The maximum absolute atomic E-state index is 6.16. The number of hydrogen-bond donors (Lipinski definition) is 1. The van der Waals surface area contributed by atoms with Crippen LogP contribution in [0.5, 0.6) is 11.5 Å². The Bertz CT molecular complexity index is 661. The fraction of sp³-hybridized carbons (Fsp3) is 0.294. The van der Waals surface area contributed by atoms with E-state index in [1.165, 1.54) is 0 Å². The van der Waals surface area contributed by atoms with Crippen LogP contribution in [0.4, 0.5) is 5.69 Å². The molecular formula is C17H19BrClNO2. The summed E-state index contributed by atoms with van der Waals surface area (Å²) in [5, 5.41) is 4.12. The normalized spacial score (nSPS) is 10.4. The molecule has 0 saturated heterocycles. The Morgan fingerprint density at radius 3 is 2.64 bits per heavy atom. The van der Waals surface area contributed by atoms with Gasteiger partial charge in [0.25, 0.3) is 0 Å². The molecule has 2 rings (SSSR count). The number of rotatable bonds is 6. The molecule has 0 fully saturated rings. The summed E-state index contributed by atoms with van der Waals surface area (Å²) in [6, 6.07) is 9.85. The Morgan fingerprint density at radius 2 is 2.00 bits per heavy atom. The summed E-state index contributed by atoms with van der Waals surface area (Å²) in [5.74, 6) is 1.48. The van der Waals surface area contributed by atoms with Gasteiger partial charge in [-0.25, -0.2) is 0 Å². The van der Waals surface area contributed by atoms with E-state index in [2.05, 4.69) is 21.2 Å². The number of nitrogens with one attached hydrogen (secondary N) is 1. The van der Waals surface area contributed by atoms with E-state index in [0.717, 1.165) is 37.8 Å². The number of aryl methyl sites for hydroxylation is 1. The second kappa shape index (κ2) is 7.75. The Kier molecular flexibility index (Phi) is 5.98. The summed E-state index contributed by atoms with van der Waals surface area (Å²) in [5.41, 5.74) is 3.05. The summed E-state index contributed by atoms with van der Waals surface area (Å²) in [4.78, 5) is 0. The second-order valence-corrected chi connectivity index (χ2v) is 6.17. The topological polar surface area (TPSA) is 30.5 Å². The molecule has 0 aliphatic heterocycles. The predicted molar refractivity (Wildman–Crippen MR) is 95.4 cm³/mol. The first kappa shape index (κ1) is 17.0. The first-order valence-corrected chi connectivity index (χ1v) is 8.21. The lowest BCUT2D eigenvalue weighted by Crippen LogP contribution is -2.05. The van der Waals surface area contributed by atoms with Gasteiger partial charge < -0.3 is 14.8 Å². The quantitative estimate of drug-likeness (QED) is 0.720. The Labute approximate surface area is 144 Å². The lowest BCUT2D eigenvalue weighted by molar-refractivity contribution is 0.308. The van der Waals surface area contributed by atoms with Crippen molar-refractivity contribution in [1.82, 2.24) is 0 Å². The van der Waals surface area contributed by atoms with Gasteiger partial charge in [0.2, 0.25) is 0 Å². The minimum absolute atomic E-state index is 0.585. The van der Waals surface area contributed by atoms with Gasteiger partial charge >= 0.3 is 0 Å². The molecule has 0 saturated carbocycles. The third-order valence-corrected chi connectivity index (χ3v) is 4.12. The van der Waals surface area contributed by atoms with Crippen molar-refractivity contribution in [3.05, 3.63) is 51.0 Å². The molecule has 0 aromatic heterocycles. The minimum atomic E-state index is 0.585. The molecule has 0 aliphatic carbocycles. The zero-order valence-electron chi connectivity index (χ0n) is 12.9. The summed E-state index contributed by atoms with van der Waals surface area (Å²) < 4.78 is 12.1.